The second-order valence-electron chi connectivity index (χ2n) is 6.34. The Hall–Kier alpha value is -2.37. The fourth-order valence-electron chi connectivity index (χ4n) is 3.41. The summed E-state index contributed by atoms with van der Waals surface area (Å²) < 4.78 is 10.8. The van der Waals surface area contributed by atoms with Crippen LogP contribution in [-0.2, 0) is 16.1 Å². The Balaban J connectivity index is 1.75. The molecule has 2 aromatic rings. The highest BCUT2D eigenvalue weighted by molar-refractivity contribution is 5.80. The Bertz CT molecular complexity index is 730. The summed E-state index contributed by atoms with van der Waals surface area (Å²) >= 11 is 0. The van der Waals surface area contributed by atoms with Crippen LogP contribution in [0.4, 0.5) is 0 Å². The van der Waals surface area contributed by atoms with Crippen LogP contribution in [-0.4, -0.2) is 43.7 Å². The number of carbonyl (C=O) groups excluding carboxylic acids is 1. The number of nitrogens with two attached hydrogens (primary N) is 1. The number of methoxy groups -OCH3 is 2. The molecule has 2 N–H and O–H groups in total. The maximum atomic E-state index is 11.7. The molecule has 5 heteroatoms. The lowest BCUT2D eigenvalue weighted by molar-refractivity contribution is -0.122. The van der Waals surface area contributed by atoms with Crippen LogP contribution in [0.25, 0.3) is 11.1 Å². The summed E-state index contributed by atoms with van der Waals surface area (Å²) in [6, 6.07) is 16.0. The van der Waals surface area contributed by atoms with Crippen LogP contribution in [0, 0.1) is 0 Å². The average Bonchev–Trinajstić information content (AvgIpc) is 3.05. The molecule has 0 saturated carbocycles. The number of ether oxygens (including phenoxy) is 2. The minimum atomic E-state index is -0.287. The van der Waals surface area contributed by atoms with E-state index in [0.717, 1.165) is 29.0 Å². The van der Waals surface area contributed by atoms with E-state index in [2.05, 4.69) is 29.2 Å². The van der Waals surface area contributed by atoms with Gasteiger partial charge in [0.25, 0.3) is 0 Å². The third-order valence-corrected chi connectivity index (χ3v) is 4.78. The highest BCUT2D eigenvalue weighted by Crippen LogP contribution is 2.30. The molecule has 0 radical (unpaired) electrons. The van der Waals surface area contributed by atoms with Crippen LogP contribution >= 0.6 is 0 Å². The predicted octanol–water partition coefficient (Wildman–Crippen LogP) is 2.44. The molecule has 0 aliphatic carbocycles. The summed E-state index contributed by atoms with van der Waals surface area (Å²) in [5, 5.41) is 0. The Labute approximate surface area is 148 Å². The predicted molar refractivity (Wildman–Crippen MR) is 97.2 cm³/mol. The number of benzene rings is 2. The summed E-state index contributed by atoms with van der Waals surface area (Å²) in [6.45, 7) is 1.40. The molecular formula is C20H24N2O3. The normalized spacial score (nSPS) is 20.6. The smallest absolute Gasteiger partial charge is 0.234 e. The molecule has 1 amide bonds. The lowest BCUT2D eigenvalue weighted by Crippen LogP contribution is -2.39. The SMILES string of the molecule is COc1ccccc1-c1ccc(CN2C[C@@H](OC)C[C@H]2C(N)=O)cc1. The van der Waals surface area contributed by atoms with E-state index in [1.54, 1.807) is 14.2 Å². The van der Waals surface area contributed by atoms with E-state index in [0.29, 0.717) is 13.0 Å². The first-order chi connectivity index (χ1) is 12.1. The zero-order valence-electron chi connectivity index (χ0n) is 14.6. The summed E-state index contributed by atoms with van der Waals surface area (Å²) in [5.74, 6) is 0.566. The van der Waals surface area contributed by atoms with Gasteiger partial charge in [-0.1, -0.05) is 42.5 Å². The quantitative estimate of drug-likeness (QED) is 0.877. The van der Waals surface area contributed by atoms with Crippen molar-refractivity contribution in [3.05, 3.63) is 54.1 Å². The summed E-state index contributed by atoms with van der Waals surface area (Å²) in [7, 11) is 3.35. The minimum Gasteiger partial charge on any atom is -0.496 e. The number of likely N-dealkylation sites (tertiary alicyclic amines) is 1. The van der Waals surface area contributed by atoms with Crippen molar-refractivity contribution in [2.24, 2.45) is 5.73 Å². The number of para-hydroxylation sites is 1. The molecule has 5 nitrogen and oxygen atoms in total. The van der Waals surface area contributed by atoms with Gasteiger partial charge >= 0.3 is 0 Å². The zero-order valence-corrected chi connectivity index (χ0v) is 14.6. The third-order valence-electron chi connectivity index (χ3n) is 4.78. The lowest BCUT2D eigenvalue weighted by Gasteiger charge is -2.21. The van der Waals surface area contributed by atoms with Gasteiger partial charge in [-0.2, -0.15) is 0 Å². The van der Waals surface area contributed by atoms with E-state index in [1.165, 1.54) is 0 Å². The van der Waals surface area contributed by atoms with Crippen molar-refractivity contribution in [3.63, 3.8) is 0 Å². The Morgan fingerprint density at radius 1 is 1.16 bits per heavy atom. The number of primary amides is 1. The molecule has 2 aromatic carbocycles. The number of nitrogens with zero attached hydrogens (tertiary/aromatic N) is 1. The van der Waals surface area contributed by atoms with Gasteiger partial charge in [-0.15, -0.1) is 0 Å². The fraction of sp³-hybridized carbons (Fsp3) is 0.350. The summed E-state index contributed by atoms with van der Waals surface area (Å²) in [4.78, 5) is 13.8. The fourth-order valence-corrected chi connectivity index (χ4v) is 3.41. The van der Waals surface area contributed by atoms with E-state index in [4.69, 9.17) is 15.2 Å². The second-order valence-corrected chi connectivity index (χ2v) is 6.34. The van der Waals surface area contributed by atoms with Gasteiger partial charge in [0, 0.05) is 25.8 Å². The van der Waals surface area contributed by atoms with Crippen LogP contribution in [0.3, 0.4) is 0 Å². The van der Waals surface area contributed by atoms with Crippen molar-refractivity contribution in [1.29, 1.82) is 0 Å². The van der Waals surface area contributed by atoms with Crippen LogP contribution < -0.4 is 10.5 Å². The van der Waals surface area contributed by atoms with Gasteiger partial charge in [0.15, 0.2) is 0 Å². The molecule has 3 rings (SSSR count). The standard InChI is InChI=1S/C20H24N2O3/c1-24-16-11-18(20(21)23)22(13-16)12-14-7-9-15(10-8-14)17-5-3-4-6-19(17)25-2/h3-10,16,18H,11-13H2,1-2H3,(H2,21,23)/t16-,18-/m0/s1. The highest BCUT2D eigenvalue weighted by atomic mass is 16.5. The van der Waals surface area contributed by atoms with Gasteiger partial charge in [0.2, 0.25) is 5.91 Å². The summed E-state index contributed by atoms with van der Waals surface area (Å²) in [6.07, 6.45) is 0.718. The molecule has 0 bridgehead atoms. The van der Waals surface area contributed by atoms with Gasteiger partial charge in [-0.3, -0.25) is 9.69 Å². The zero-order chi connectivity index (χ0) is 17.8. The second kappa shape index (κ2) is 7.68. The molecule has 132 valence electrons. The number of carbonyl (C=O) groups is 1. The Kier molecular flexibility index (Phi) is 5.36. The molecule has 0 unspecified atom stereocenters. The van der Waals surface area contributed by atoms with Gasteiger partial charge in [-0.25, -0.2) is 0 Å². The van der Waals surface area contributed by atoms with Crippen molar-refractivity contribution < 1.29 is 14.3 Å². The maximum absolute atomic E-state index is 11.7. The number of hydrogen-bond donors (Lipinski definition) is 1. The average molecular weight is 340 g/mol. The Morgan fingerprint density at radius 3 is 2.52 bits per heavy atom. The van der Waals surface area contributed by atoms with Gasteiger partial charge < -0.3 is 15.2 Å². The largest absolute Gasteiger partial charge is 0.496 e. The van der Waals surface area contributed by atoms with E-state index in [9.17, 15) is 4.79 Å². The van der Waals surface area contributed by atoms with Crippen molar-refractivity contribution in [3.8, 4) is 16.9 Å². The van der Waals surface area contributed by atoms with E-state index in [-0.39, 0.29) is 18.1 Å². The molecule has 1 heterocycles. The molecule has 0 aromatic heterocycles. The lowest BCUT2D eigenvalue weighted by atomic mass is 10.0. The number of rotatable bonds is 6. The van der Waals surface area contributed by atoms with Crippen LogP contribution in [0.1, 0.15) is 12.0 Å². The van der Waals surface area contributed by atoms with Gasteiger partial charge in [0.1, 0.15) is 5.75 Å². The first kappa shape index (κ1) is 17.5. The molecule has 0 spiro atoms. The highest BCUT2D eigenvalue weighted by Gasteiger charge is 2.35. The van der Waals surface area contributed by atoms with Gasteiger partial charge in [0.05, 0.1) is 19.3 Å². The Morgan fingerprint density at radius 2 is 1.88 bits per heavy atom. The van der Waals surface area contributed by atoms with E-state index in [1.807, 2.05) is 24.3 Å². The molecule has 25 heavy (non-hydrogen) atoms. The van der Waals surface area contributed by atoms with Gasteiger partial charge in [-0.05, 0) is 23.6 Å². The molecule has 1 aliphatic heterocycles. The minimum absolute atomic E-state index is 0.0605. The maximum Gasteiger partial charge on any atom is 0.234 e. The molecular weight excluding hydrogens is 316 g/mol. The monoisotopic (exact) mass is 340 g/mol. The number of hydrogen-bond acceptors (Lipinski definition) is 4. The summed E-state index contributed by atoms with van der Waals surface area (Å²) in [5.41, 5.74) is 8.84. The third kappa shape index (κ3) is 3.83. The van der Waals surface area contributed by atoms with Crippen molar-refractivity contribution in [1.82, 2.24) is 4.90 Å². The molecule has 2 atom stereocenters. The van der Waals surface area contributed by atoms with E-state index < -0.39 is 0 Å². The molecule has 1 aliphatic rings. The van der Waals surface area contributed by atoms with Crippen LogP contribution in [0.5, 0.6) is 5.75 Å². The molecule has 1 fully saturated rings. The van der Waals surface area contributed by atoms with E-state index >= 15 is 0 Å². The van der Waals surface area contributed by atoms with Crippen molar-refractivity contribution in [2.45, 2.75) is 25.1 Å². The van der Waals surface area contributed by atoms with Crippen LogP contribution in [0.15, 0.2) is 48.5 Å². The number of amides is 1. The first-order valence-electron chi connectivity index (χ1n) is 8.41. The topological polar surface area (TPSA) is 64.8 Å². The van der Waals surface area contributed by atoms with Crippen molar-refractivity contribution in [2.75, 3.05) is 20.8 Å². The van der Waals surface area contributed by atoms with Crippen LogP contribution in [0.2, 0.25) is 0 Å². The molecule has 1 saturated heterocycles. The first-order valence-corrected chi connectivity index (χ1v) is 8.41. The van der Waals surface area contributed by atoms with Crippen molar-refractivity contribution >= 4 is 5.91 Å².